The highest BCUT2D eigenvalue weighted by atomic mass is 32.1. The van der Waals surface area contributed by atoms with E-state index in [1.807, 2.05) is 13.8 Å². The Labute approximate surface area is 75.4 Å². The average molecular weight is 185 g/mol. The zero-order valence-electron chi connectivity index (χ0n) is 7.16. The number of hydrogen-bond acceptors (Lipinski definition) is 4. The minimum absolute atomic E-state index is 0.163. The topological polar surface area (TPSA) is 39.2 Å². The number of hydrogen-bond donors (Lipinski definition) is 0. The molecule has 0 fully saturated rings. The quantitative estimate of drug-likeness (QED) is 0.527. The molecule has 0 bridgehead atoms. The van der Waals surface area contributed by atoms with Crippen molar-refractivity contribution in [2.75, 3.05) is 6.61 Å². The van der Waals surface area contributed by atoms with Crippen molar-refractivity contribution in [3.63, 3.8) is 0 Å². The summed E-state index contributed by atoms with van der Waals surface area (Å²) in [6.45, 7) is 4.57. The zero-order valence-corrected chi connectivity index (χ0v) is 7.98. The first-order valence-electron chi connectivity index (χ1n) is 3.68. The largest absolute Gasteiger partial charge is 0.368 e. The van der Waals surface area contributed by atoms with Crippen LogP contribution in [0.4, 0.5) is 0 Å². The summed E-state index contributed by atoms with van der Waals surface area (Å²) in [5.41, 5.74) is 1.00. The zero-order chi connectivity index (χ0) is 8.97. The van der Waals surface area contributed by atoms with E-state index in [0.717, 1.165) is 21.9 Å². The van der Waals surface area contributed by atoms with Crippen LogP contribution in [-0.4, -0.2) is 17.9 Å². The van der Waals surface area contributed by atoms with Crippen LogP contribution in [-0.2, 0) is 16.1 Å². The summed E-state index contributed by atoms with van der Waals surface area (Å²) >= 11 is 1.61. The second kappa shape index (κ2) is 4.33. The van der Waals surface area contributed by atoms with E-state index in [0.29, 0.717) is 6.61 Å². The lowest BCUT2D eigenvalue weighted by molar-refractivity contribution is -0.112. The Balaban J connectivity index is 2.50. The van der Waals surface area contributed by atoms with Gasteiger partial charge in [-0.1, -0.05) is 0 Å². The van der Waals surface area contributed by atoms with Gasteiger partial charge in [-0.25, -0.2) is 4.98 Å². The van der Waals surface area contributed by atoms with Crippen LogP contribution in [0.15, 0.2) is 0 Å². The molecule has 1 aromatic heterocycles. The highest BCUT2D eigenvalue weighted by molar-refractivity contribution is 7.11. The third-order valence-electron chi connectivity index (χ3n) is 1.42. The van der Waals surface area contributed by atoms with Gasteiger partial charge in [-0.3, -0.25) is 0 Å². The van der Waals surface area contributed by atoms with Crippen LogP contribution >= 0.6 is 11.3 Å². The number of nitrogens with zero attached hydrogens (tertiary/aromatic N) is 1. The molecule has 0 aliphatic carbocycles. The van der Waals surface area contributed by atoms with Crippen molar-refractivity contribution < 1.29 is 9.53 Å². The second-order valence-electron chi connectivity index (χ2n) is 2.42. The lowest BCUT2D eigenvalue weighted by atomic mass is 10.4. The van der Waals surface area contributed by atoms with E-state index in [-0.39, 0.29) is 6.61 Å². The van der Waals surface area contributed by atoms with Crippen LogP contribution in [0.1, 0.15) is 15.6 Å². The van der Waals surface area contributed by atoms with Crippen molar-refractivity contribution in [1.29, 1.82) is 0 Å². The number of rotatable bonds is 4. The maximum Gasteiger partial charge on any atom is 0.145 e. The molecule has 66 valence electrons. The number of carbonyl (C=O) groups excluding carboxylic acids is 1. The minimum Gasteiger partial charge on any atom is -0.368 e. The molecule has 12 heavy (non-hydrogen) atoms. The van der Waals surface area contributed by atoms with Crippen molar-refractivity contribution in [2.45, 2.75) is 20.5 Å². The Bertz CT molecular complexity index is 270. The maximum absolute atomic E-state index is 9.95. The van der Waals surface area contributed by atoms with Gasteiger partial charge < -0.3 is 9.53 Å². The van der Waals surface area contributed by atoms with Gasteiger partial charge >= 0.3 is 0 Å². The molecule has 1 heterocycles. The fourth-order valence-corrected chi connectivity index (χ4v) is 1.78. The molecule has 0 unspecified atom stereocenters. The highest BCUT2D eigenvalue weighted by Crippen LogP contribution is 2.17. The van der Waals surface area contributed by atoms with Crippen molar-refractivity contribution in [3.8, 4) is 0 Å². The Hall–Kier alpha value is -0.740. The standard InChI is InChI=1S/C8H11NO2S/c1-6-8(5-11-4-3-10)12-7(2)9-6/h3H,4-5H2,1-2H3. The Morgan fingerprint density at radius 3 is 2.83 bits per heavy atom. The van der Waals surface area contributed by atoms with E-state index in [2.05, 4.69) is 4.98 Å². The van der Waals surface area contributed by atoms with E-state index < -0.39 is 0 Å². The first-order chi connectivity index (χ1) is 5.74. The van der Waals surface area contributed by atoms with Gasteiger partial charge in [0, 0.05) is 0 Å². The van der Waals surface area contributed by atoms with Gasteiger partial charge in [0.1, 0.15) is 12.9 Å². The fourth-order valence-electron chi connectivity index (χ4n) is 0.907. The monoisotopic (exact) mass is 185 g/mol. The number of aldehydes is 1. The van der Waals surface area contributed by atoms with Gasteiger partial charge in [-0.2, -0.15) is 0 Å². The summed E-state index contributed by atoms with van der Waals surface area (Å²) in [6.07, 6.45) is 0.753. The second-order valence-corrected chi connectivity index (χ2v) is 3.71. The molecule has 0 aromatic carbocycles. The van der Waals surface area contributed by atoms with Gasteiger partial charge in [-0.05, 0) is 13.8 Å². The predicted octanol–water partition coefficient (Wildman–Crippen LogP) is 1.48. The number of ether oxygens (including phenoxy) is 1. The van der Waals surface area contributed by atoms with E-state index in [4.69, 9.17) is 4.74 Å². The highest BCUT2D eigenvalue weighted by Gasteiger charge is 2.03. The third-order valence-corrected chi connectivity index (χ3v) is 2.47. The number of aromatic nitrogens is 1. The first kappa shape index (κ1) is 9.35. The summed E-state index contributed by atoms with van der Waals surface area (Å²) in [4.78, 5) is 15.3. The Morgan fingerprint density at radius 2 is 2.33 bits per heavy atom. The molecule has 0 amide bonds. The van der Waals surface area contributed by atoms with Gasteiger partial charge in [0.2, 0.25) is 0 Å². The lowest BCUT2D eigenvalue weighted by Crippen LogP contribution is -1.95. The van der Waals surface area contributed by atoms with Crippen LogP contribution in [0.5, 0.6) is 0 Å². The van der Waals surface area contributed by atoms with Crippen LogP contribution in [0.2, 0.25) is 0 Å². The first-order valence-corrected chi connectivity index (χ1v) is 4.50. The molecule has 0 saturated carbocycles. The number of carbonyl (C=O) groups is 1. The Morgan fingerprint density at radius 1 is 1.58 bits per heavy atom. The maximum atomic E-state index is 9.95. The molecule has 1 rings (SSSR count). The average Bonchev–Trinajstić information content (AvgIpc) is 2.31. The van der Waals surface area contributed by atoms with E-state index in [1.54, 1.807) is 11.3 Å². The van der Waals surface area contributed by atoms with Gasteiger partial charge in [0.25, 0.3) is 0 Å². The fraction of sp³-hybridized carbons (Fsp3) is 0.500. The molecule has 0 aliphatic heterocycles. The van der Waals surface area contributed by atoms with E-state index in [9.17, 15) is 4.79 Å². The SMILES string of the molecule is Cc1nc(C)c(COCC=O)s1. The summed E-state index contributed by atoms with van der Waals surface area (Å²) in [5, 5.41) is 1.04. The molecule has 0 spiro atoms. The minimum atomic E-state index is 0.163. The van der Waals surface area contributed by atoms with Gasteiger partial charge in [0.15, 0.2) is 0 Å². The third kappa shape index (κ3) is 2.39. The summed E-state index contributed by atoms with van der Waals surface area (Å²) in [7, 11) is 0. The summed E-state index contributed by atoms with van der Waals surface area (Å²) < 4.78 is 5.07. The molecule has 0 atom stereocenters. The normalized spacial score (nSPS) is 10.2. The molecule has 0 radical (unpaired) electrons. The summed E-state index contributed by atoms with van der Waals surface area (Å²) in [5.74, 6) is 0. The van der Waals surface area contributed by atoms with Crippen molar-refractivity contribution in [1.82, 2.24) is 4.98 Å². The van der Waals surface area contributed by atoms with Gasteiger partial charge in [0.05, 0.1) is 22.2 Å². The smallest absolute Gasteiger partial charge is 0.145 e. The van der Waals surface area contributed by atoms with Gasteiger partial charge in [-0.15, -0.1) is 11.3 Å². The lowest BCUT2D eigenvalue weighted by Gasteiger charge is -1.96. The van der Waals surface area contributed by atoms with Crippen molar-refractivity contribution in [3.05, 3.63) is 15.6 Å². The molecule has 0 saturated heterocycles. The molecule has 0 aliphatic rings. The van der Waals surface area contributed by atoms with E-state index in [1.165, 1.54) is 0 Å². The molecular formula is C8H11NO2S. The Kier molecular flexibility index (Phi) is 3.37. The van der Waals surface area contributed by atoms with Crippen molar-refractivity contribution >= 4 is 17.6 Å². The molecule has 0 N–H and O–H groups in total. The van der Waals surface area contributed by atoms with E-state index >= 15 is 0 Å². The molecule has 4 heteroatoms. The van der Waals surface area contributed by atoms with Crippen LogP contribution in [0.3, 0.4) is 0 Å². The van der Waals surface area contributed by atoms with Crippen LogP contribution < -0.4 is 0 Å². The molecule has 1 aromatic rings. The molecular weight excluding hydrogens is 174 g/mol. The number of thiazole rings is 1. The molecule has 3 nitrogen and oxygen atoms in total. The van der Waals surface area contributed by atoms with Crippen LogP contribution in [0.25, 0.3) is 0 Å². The van der Waals surface area contributed by atoms with Crippen LogP contribution in [0, 0.1) is 13.8 Å². The van der Waals surface area contributed by atoms with Crippen molar-refractivity contribution in [2.24, 2.45) is 0 Å². The number of aryl methyl sites for hydroxylation is 2. The summed E-state index contributed by atoms with van der Waals surface area (Å²) in [6, 6.07) is 0. The predicted molar refractivity (Wildman–Crippen MR) is 47.3 cm³/mol.